The predicted octanol–water partition coefficient (Wildman–Crippen LogP) is 2.54. The molecule has 27 heavy (non-hydrogen) atoms. The molecule has 2 aromatic carbocycles. The topological polar surface area (TPSA) is 86.3 Å². The highest BCUT2D eigenvalue weighted by molar-refractivity contribution is 5.67. The van der Waals surface area contributed by atoms with Crippen molar-refractivity contribution in [1.29, 1.82) is 0 Å². The molecule has 2 rings (SSSR count). The van der Waals surface area contributed by atoms with E-state index in [4.69, 9.17) is 18.9 Å². The standard InChI is InChI=1S/C20H25NO6/c1-24-17-7-4-14(5-8-17)10-16(12-22)21-20(23)27-13-15-6-9-18(25-2)19(11-15)26-3/h4-9,11,16,22H,10,12-13H2,1-3H3,(H,21,23). The smallest absolute Gasteiger partial charge is 0.407 e. The monoisotopic (exact) mass is 375 g/mol. The average molecular weight is 375 g/mol. The van der Waals surface area contributed by atoms with E-state index in [1.807, 2.05) is 24.3 Å². The van der Waals surface area contributed by atoms with Crippen molar-refractivity contribution in [3.63, 3.8) is 0 Å². The summed E-state index contributed by atoms with van der Waals surface area (Å²) in [6.07, 6.45) is -0.122. The first kappa shape index (κ1) is 20.4. The minimum Gasteiger partial charge on any atom is -0.497 e. The number of benzene rings is 2. The van der Waals surface area contributed by atoms with Gasteiger partial charge in [0.1, 0.15) is 12.4 Å². The Labute approximate surface area is 158 Å². The van der Waals surface area contributed by atoms with Crippen LogP contribution in [0.1, 0.15) is 11.1 Å². The molecule has 0 saturated carbocycles. The molecule has 7 heteroatoms. The quantitative estimate of drug-likeness (QED) is 0.701. The van der Waals surface area contributed by atoms with Crippen LogP contribution in [0.2, 0.25) is 0 Å². The van der Waals surface area contributed by atoms with E-state index in [0.717, 1.165) is 16.9 Å². The summed E-state index contributed by atoms with van der Waals surface area (Å²) < 4.78 is 20.7. The lowest BCUT2D eigenvalue weighted by atomic mass is 10.1. The highest BCUT2D eigenvalue weighted by Crippen LogP contribution is 2.27. The number of carbonyl (C=O) groups is 1. The van der Waals surface area contributed by atoms with Gasteiger partial charge < -0.3 is 29.4 Å². The summed E-state index contributed by atoms with van der Waals surface area (Å²) in [5, 5.41) is 12.2. The molecular weight excluding hydrogens is 350 g/mol. The molecule has 0 radical (unpaired) electrons. The van der Waals surface area contributed by atoms with Gasteiger partial charge in [0.2, 0.25) is 0 Å². The number of nitrogens with one attached hydrogen (secondary N) is 1. The van der Waals surface area contributed by atoms with Gasteiger partial charge in [0.15, 0.2) is 11.5 Å². The van der Waals surface area contributed by atoms with Gasteiger partial charge in [-0.05, 0) is 41.8 Å². The van der Waals surface area contributed by atoms with Crippen LogP contribution in [-0.2, 0) is 17.8 Å². The maximum Gasteiger partial charge on any atom is 0.407 e. The highest BCUT2D eigenvalue weighted by Gasteiger charge is 2.14. The van der Waals surface area contributed by atoms with Crippen LogP contribution in [-0.4, -0.2) is 45.2 Å². The Morgan fingerprint density at radius 1 is 0.963 bits per heavy atom. The Hall–Kier alpha value is -2.93. The minimum atomic E-state index is -0.600. The van der Waals surface area contributed by atoms with E-state index in [1.165, 1.54) is 0 Å². The SMILES string of the molecule is COc1ccc(CC(CO)NC(=O)OCc2ccc(OC)c(OC)c2)cc1. The largest absolute Gasteiger partial charge is 0.497 e. The predicted molar refractivity (Wildman–Crippen MR) is 100 cm³/mol. The third kappa shape index (κ3) is 6.07. The third-order valence-corrected chi connectivity index (χ3v) is 4.00. The molecule has 0 aliphatic heterocycles. The fraction of sp³-hybridized carbons (Fsp3) is 0.350. The first-order valence-corrected chi connectivity index (χ1v) is 8.47. The lowest BCUT2D eigenvalue weighted by Crippen LogP contribution is -2.39. The molecule has 0 aromatic heterocycles. The van der Waals surface area contributed by atoms with Crippen molar-refractivity contribution in [3.05, 3.63) is 53.6 Å². The molecular formula is C20H25NO6. The summed E-state index contributed by atoms with van der Waals surface area (Å²) >= 11 is 0. The van der Waals surface area contributed by atoms with Gasteiger partial charge in [-0.15, -0.1) is 0 Å². The van der Waals surface area contributed by atoms with E-state index < -0.39 is 12.1 Å². The Morgan fingerprint density at radius 3 is 2.22 bits per heavy atom. The van der Waals surface area contributed by atoms with E-state index in [-0.39, 0.29) is 13.2 Å². The van der Waals surface area contributed by atoms with Crippen LogP contribution in [0.15, 0.2) is 42.5 Å². The van der Waals surface area contributed by atoms with Crippen LogP contribution in [0.5, 0.6) is 17.2 Å². The Kier molecular flexibility index (Phi) is 7.76. The van der Waals surface area contributed by atoms with E-state index >= 15 is 0 Å². The number of aliphatic hydroxyl groups excluding tert-OH is 1. The molecule has 0 spiro atoms. The summed E-state index contributed by atoms with van der Waals surface area (Å²) in [6.45, 7) is -0.121. The maximum atomic E-state index is 12.0. The van der Waals surface area contributed by atoms with Crippen molar-refractivity contribution < 1.29 is 28.8 Å². The second-order valence-electron chi connectivity index (χ2n) is 5.84. The van der Waals surface area contributed by atoms with Crippen LogP contribution >= 0.6 is 0 Å². The van der Waals surface area contributed by atoms with Crippen LogP contribution in [0.3, 0.4) is 0 Å². The van der Waals surface area contributed by atoms with Crippen molar-refractivity contribution >= 4 is 6.09 Å². The third-order valence-electron chi connectivity index (χ3n) is 4.00. The number of hydrogen-bond acceptors (Lipinski definition) is 6. The zero-order chi connectivity index (χ0) is 19.6. The summed E-state index contributed by atoms with van der Waals surface area (Å²) in [6, 6.07) is 12.3. The molecule has 7 nitrogen and oxygen atoms in total. The number of hydrogen-bond donors (Lipinski definition) is 2. The second kappa shape index (κ2) is 10.3. The summed E-state index contributed by atoms with van der Waals surface area (Å²) in [5.74, 6) is 1.92. The van der Waals surface area contributed by atoms with E-state index in [0.29, 0.717) is 17.9 Å². The number of ether oxygens (including phenoxy) is 4. The molecule has 0 heterocycles. The fourth-order valence-electron chi connectivity index (χ4n) is 2.53. The van der Waals surface area contributed by atoms with Gasteiger partial charge in [-0.1, -0.05) is 18.2 Å². The Bertz CT molecular complexity index is 732. The second-order valence-corrected chi connectivity index (χ2v) is 5.84. The van der Waals surface area contributed by atoms with E-state index in [2.05, 4.69) is 5.32 Å². The van der Waals surface area contributed by atoms with Gasteiger partial charge in [-0.3, -0.25) is 0 Å². The van der Waals surface area contributed by atoms with E-state index in [1.54, 1.807) is 39.5 Å². The average Bonchev–Trinajstić information content (AvgIpc) is 2.71. The fourth-order valence-corrected chi connectivity index (χ4v) is 2.53. The van der Waals surface area contributed by atoms with E-state index in [9.17, 15) is 9.90 Å². The van der Waals surface area contributed by atoms with Gasteiger partial charge in [0.25, 0.3) is 0 Å². The number of amides is 1. The lowest BCUT2D eigenvalue weighted by Gasteiger charge is -2.17. The number of carbonyl (C=O) groups excluding carboxylic acids is 1. The van der Waals surface area contributed by atoms with Crippen molar-refractivity contribution in [1.82, 2.24) is 5.32 Å². The normalized spacial score (nSPS) is 11.4. The molecule has 2 N–H and O–H groups in total. The molecule has 1 amide bonds. The molecule has 0 fully saturated rings. The van der Waals surface area contributed by atoms with Crippen LogP contribution in [0.4, 0.5) is 4.79 Å². The first-order chi connectivity index (χ1) is 13.1. The summed E-state index contributed by atoms with van der Waals surface area (Å²) in [7, 11) is 4.70. The number of methoxy groups -OCH3 is 3. The van der Waals surface area contributed by atoms with Crippen LogP contribution < -0.4 is 19.5 Å². The highest BCUT2D eigenvalue weighted by atomic mass is 16.5. The van der Waals surface area contributed by atoms with Gasteiger partial charge in [0, 0.05) is 0 Å². The zero-order valence-electron chi connectivity index (χ0n) is 15.7. The van der Waals surface area contributed by atoms with Crippen molar-refractivity contribution in [2.45, 2.75) is 19.1 Å². The molecule has 1 atom stereocenters. The van der Waals surface area contributed by atoms with Crippen molar-refractivity contribution in [3.8, 4) is 17.2 Å². The van der Waals surface area contributed by atoms with Crippen molar-refractivity contribution in [2.75, 3.05) is 27.9 Å². The van der Waals surface area contributed by atoms with Crippen LogP contribution in [0.25, 0.3) is 0 Å². The molecule has 146 valence electrons. The number of alkyl carbamates (subject to hydrolysis) is 1. The van der Waals surface area contributed by atoms with Gasteiger partial charge in [-0.25, -0.2) is 4.79 Å². The minimum absolute atomic E-state index is 0.0763. The molecule has 1 unspecified atom stereocenters. The lowest BCUT2D eigenvalue weighted by molar-refractivity contribution is 0.129. The summed E-state index contributed by atoms with van der Waals surface area (Å²) in [4.78, 5) is 12.0. The molecule has 0 saturated heterocycles. The Morgan fingerprint density at radius 2 is 1.63 bits per heavy atom. The zero-order valence-corrected chi connectivity index (χ0v) is 15.7. The van der Waals surface area contributed by atoms with Crippen molar-refractivity contribution in [2.24, 2.45) is 0 Å². The number of rotatable bonds is 9. The van der Waals surface area contributed by atoms with Gasteiger partial charge >= 0.3 is 6.09 Å². The molecule has 2 aromatic rings. The Balaban J connectivity index is 1.87. The summed E-state index contributed by atoms with van der Waals surface area (Å²) in [5.41, 5.74) is 1.73. The van der Waals surface area contributed by atoms with Gasteiger partial charge in [-0.2, -0.15) is 0 Å². The van der Waals surface area contributed by atoms with Crippen LogP contribution in [0, 0.1) is 0 Å². The van der Waals surface area contributed by atoms with Gasteiger partial charge in [0.05, 0.1) is 34.0 Å². The first-order valence-electron chi connectivity index (χ1n) is 8.47. The number of aliphatic hydroxyl groups is 1. The maximum absolute atomic E-state index is 12.0. The molecule has 0 aliphatic rings. The molecule has 0 bridgehead atoms. The molecule has 0 aliphatic carbocycles.